The molecule has 0 amide bonds. The number of hydrogen-bond donors (Lipinski definition) is 0. The lowest BCUT2D eigenvalue weighted by Crippen LogP contribution is -2.53. The van der Waals surface area contributed by atoms with Crippen LogP contribution in [-0.4, -0.2) is 32.5 Å². The van der Waals surface area contributed by atoms with Crippen molar-refractivity contribution in [2.24, 2.45) is 10.9 Å². The Bertz CT molecular complexity index is 631. The summed E-state index contributed by atoms with van der Waals surface area (Å²) in [6, 6.07) is 10.2. The SMILES string of the molecule is C=C[C@H]1OC(c2ccccc2)=N[C@@H](CC(C)C)[C@H]1O[Si](C)(C)C(C)(C)C. The van der Waals surface area contributed by atoms with Gasteiger partial charge in [-0.25, -0.2) is 4.99 Å². The van der Waals surface area contributed by atoms with E-state index in [1.165, 1.54) is 0 Å². The van der Waals surface area contributed by atoms with Crippen LogP contribution in [0.2, 0.25) is 18.1 Å². The van der Waals surface area contributed by atoms with Crippen LogP contribution in [0.15, 0.2) is 48.0 Å². The van der Waals surface area contributed by atoms with E-state index in [-0.39, 0.29) is 23.3 Å². The van der Waals surface area contributed by atoms with Gasteiger partial charge < -0.3 is 9.16 Å². The molecule has 0 unspecified atom stereocenters. The van der Waals surface area contributed by atoms with Crippen molar-refractivity contribution in [2.75, 3.05) is 0 Å². The summed E-state index contributed by atoms with van der Waals surface area (Å²) in [7, 11) is -1.94. The van der Waals surface area contributed by atoms with Gasteiger partial charge in [-0.2, -0.15) is 0 Å². The Kier molecular flexibility index (Phi) is 6.51. The lowest BCUT2D eigenvalue weighted by molar-refractivity contribution is 0.0279. The van der Waals surface area contributed by atoms with Crippen LogP contribution in [0.4, 0.5) is 0 Å². The Morgan fingerprint density at radius 3 is 2.35 bits per heavy atom. The highest BCUT2D eigenvalue weighted by molar-refractivity contribution is 6.74. The van der Waals surface area contributed by atoms with E-state index >= 15 is 0 Å². The molecule has 1 aliphatic heterocycles. The molecule has 3 nitrogen and oxygen atoms in total. The van der Waals surface area contributed by atoms with Crippen molar-refractivity contribution < 1.29 is 9.16 Å². The molecule has 0 radical (unpaired) electrons. The minimum Gasteiger partial charge on any atom is -0.467 e. The molecule has 0 N–H and O–H groups in total. The van der Waals surface area contributed by atoms with Gasteiger partial charge in [0.05, 0.1) is 6.04 Å². The number of benzene rings is 1. The summed E-state index contributed by atoms with van der Waals surface area (Å²) in [5.74, 6) is 1.24. The van der Waals surface area contributed by atoms with Crippen molar-refractivity contribution in [1.82, 2.24) is 0 Å². The summed E-state index contributed by atoms with van der Waals surface area (Å²) >= 11 is 0. The maximum atomic E-state index is 6.78. The van der Waals surface area contributed by atoms with Gasteiger partial charge in [0.15, 0.2) is 8.32 Å². The Balaban J connectivity index is 2.39. The third-order valence-electron chi connectivity index (χ3n) is 5.44. The van der Waals surface area contributed by atoms with Crippen molar-refractivity contribution in [2.45, 2.75) is 77.4 Å². The Labute approximate surface area is 160 Å². The highest BCUT2D eigenvalue weighted by atomic mass is 28.4. The fourth-order valence-corrected chi connectivity index (χ4v) is 4.23. The second kappa shape index (κ2) is 8.09. The first-order chi connectivity index (χ1) is 12.0. The van der Waals surface area contributed by atoms with E-state index < -0.39 is 8.32 Å². The second-order valence-electron chi connectivity index (χ2n) is 9.16. The van der Waals surface area contributed by atoms with E-state index in [2.05, 4.69) is 54.3 Å². The van der Waals surface area contributed by atoms with Gasteiger partial charge in [0, 0.05) is 5.56 Å². The molecule has 144 valence electrons. The average Bonchev–Trinajstić information content (AvgIpc) is 2.55. The molecule has 26 heavy (non-hydrogen) atoms. The van der Waals surface area contributed by atoms with Gasteiger partial charge in [0.25, 0.3) is 0 Å². The lowest BCUT2D eigenvalue weighted by atomic mass is 9.95. The zero-order chi connectivity index (χ0) is 19.5. The van der Waals surface area contributed by atoms with Gasteiger partial charge in [-0.05, 0) is 48.7 Å². The van der Waals surface area contributed by atoms with Crippen LogP contribution in [0, 0.1) is 5.92 Å². The molecule has 4 heteroatoms. The van der Waals surface area contributed by atoms with Crippen LogP contribution in [0.5, 0.6) is 0 Å². The van der Waals surface area contributed by atoms with Gasteiger partial charge in [-0.15, -0.1) is 0 Å². The van der Waals surface area contributed by atoms with Crippen LogP contribution in [0.1, 0.15) is 46.6 Å². The maximum absolute atomic E-state index is 6.78. The van der Waals surface area contributed by atoms with Crippen molar-refractivity contribution in [3.8, 4) is 0 Å². The van der Waals surface area contributed by atoms with Crippen LogP contribution >= 0.6 is 0 Å². The first-order valence-electron chi connectivity index (χ1n) is 9.65. The van der Waals surface area contributed by atoms with Crippen LogP contribution in [0.3, 0.4) is 0 Å². The van der Waals surface area contributed by atoms with Crippen LogP contribution in [-0.2, 0) is 9.16 Å². The molecule has 0 saturated carbocycles. The fraction of sp³-hybridized carbons (Fsp3) is 0.591. The zero-order valence-corrected chi connectivity index (χ0v) is 18.5. The highest BCUT2D eigenvalue weighted by Crippen LogP contribution is 2.39. The highest BCUT2D eigenvalue weighted by Gasteiger charge is 2.45. The maximum Gasteiger partial charge on any atom is 0.217 e. The molecule has 0 saturated heterocycles. The number of aliphatic imine (C=N–C) groups is 1. The zero-order valence-electron chi connectivity index (χ0n) is 17.5. The number of nitrogens with zero attached hydrogens (tertiary/aromatic N) is 1. The monoisotopic (exact) mass is 373 g/mol. The van der Waals surface area contributed by atoms with E-state index in [4.69, 9.17) is 14.2 Å². The van der Waals surface area contributed by atoms with Gasteiger partial charge in [-0.3, -0.25) is 0 Å². The first-order valence-corrected chi connectivity index (χ1v) is 12.6. The molecule has 0 aliphatic carbocycles. The molecule has 1 heterocycles. The first kappa shape index (κ1) is 20.9. The number of ether oxygens (including phenoxy) is 1. The predicted octanol–water partition coefficient (Wildman–Crippen LogP) is 5.82. The van der Waals surface area contributed by atoms with Crippen molar-refractivity contribution >= 4 is 14.2 Å². The molecule has 0 fully saturated rings. The molecule has 0 aromatic heterocycles. The van der Waals surface area contributed by atoms with E-state index in [1.807, 2.05) is 36.4 Å². The summed E-state index contributed by atoms with van der Waals surface area (Å²) in [6.07, 6.45) is 2.59. The summed E-state index contributed by atoms with van der Waals surface area (Å²) in [5, 5.41) is 0.143. The molecule has 3 atom stereocenters. The van der Waals surface area contributed by atoms with Crippen molar-refractivity contribution in [1.29, 1.82) is 0 Å². The fourth-order valence-electron chi connectivity index (χ4n) is 2.91. The predicted molar refractivity (Wildman–Crippen MR) is 113 cm³/mol. The Morgan fingerprint density at radius 1 is 1.23 bits per heavy atom. The third kappa shape index (κ3) is 4.86. The van der Waals surface area contributed by atoms with E-state index in [9.17, 15) is 0 Å². The second-order valence-corrected chi connectivity index (χ2v) is 13.9. The summed E-state index contributed by atoms with van der Waals surface area (Å²) in [5.41, 5.74) is 1.01. The largest absolute Gasteiger partial charge is 0.467 e. The average molecular weight is 374 g/mol. The standard InChI is InChI=1S/C22H35NO2Si/c1-9-19-20(25-26(7,8)22(4,5)6)18(15-16(2)3)23-21(24-19)17-13-11-10-12-14-17/h9-14,16,18-20H,1,15H2,2-8H3/t18-,19+,20+/m0/s1. The van der Waals surface area contributed by atoms with E-state index in [0.29, 0.717) is 11.8 Å². The van der Waals surface area contributed by atoms with Gasteiger partial charge in [-0.1, -0.05) is 59.4 Å². The molecule has 1 aliphatic rings. The normalized spacial score (nSPS) is 24.2. The van der Waals surface area contributed by atoms with Crippen LogP contribution in [0.25, 0.3) is 0 Å². The molecule has 0 bridgehead atoms. The minimum atomic E-state index is -1.94. The summed E-state index contributed by atoms with van der Waals surface area (Å²) in [4.78, 5) is 4.98. The van der Waals surface area contributed by atoms with E-state index in [0.717, 1.165) is 12.0 Å². The smallest absolute Gasteiger partial charge is 0.217 e. The molecular weight excluding hydrogens is 338 g/mol. The van der Waals surface area contributed by atoms with E-state index in [1.54, 1.807) is 0 Å². The lowest BCUT2D eigenvalue weighted by Gasteiger charge is -2.44. The molecule has 0 spiro atoms. The van der Waals surface area contributed by atoms with Crippen LogP contribution < -0.4 is 0 Å². The number of hydrogen-bond acceptors (Lipinski definition) is 3. The molecule has 1 aromatic carbocycles. The molecule has 1 aromatic rings. The minimum absolute atomic E-state index is 0.0797. The Morgan fingerprint density at radius 2 is 1.85 bits per heavy atom. The number of rotatable bonds is 6. The molecular formula is C22H35NO2Si. The summed E-state index contributed by atoms with van der Waals surface area (Å²) in [6.45, 7) is 19.9. The topological polar surface area (TPSA) is 30.8 Å². The van der Waals surface area contributed by atoms with Gasteiger partial charge in [0.2, 0.25) is 5.90 Å². The van der Waals surface area contributed by atoms with Crippen molar-refractivity contribution in [3.63, 3.8) is 0 Å². The summed E-state index contributed by atoms with van der Waals surface area (Å²) < 4.78 is 13.0. The molecule has 2 rings (SSSR count). The Hall–Kier alpha value is -1.39. The van der Waals surface area contributed by atoms with Crippen molar-refractivity contribution in [3.05, 3.63) is 48.6 Å². The third-order valence-corrected chi connectivity index (χ3v) is 9.91. The van der Waals surface area contributed by atoms with Gasteiger partial charge >= 0.3 is 0 Å². The quantitative estimate of drug-likeness (QED) is 0.464. The van der Waals surface area contributed by atoms with Gasteiger partial charge in [0.1, 0.15) is 12.2 Å².